The molecule has 0 saturated carbocycles. The normalized spacial score (nSPS) is 21.6. The predicted octanol–water partition coefficient (Wildman–Crippen LogP) is 1.75. The highest BCUT2D eigenvalue weighted by Gasteiger charge is 2.36. The minimum atomic E-state index is -0.950. The summed E-state index contributed by atoms with van der Waals surface area (Å²) in [7, 11) is 0. The van der Waals surface area contributed by atoms with Crippen molar-refractivity contribution in [3.8, 4) is 0 Å². The second-order valence-corrected chi connectivity index (χ2v) is 6.37. The molecule has 4 nitrogen and oxygen atoms in total. The standard InChI is InChI=1S/C16H23NO3/c1-15(2,3)20-10-14(18)17-11-16(19)9-8-12-6-4-5-7-13(12)16/h4-7,19H,8-11H2,1-3H3,(H,17,18). The van der Waals surface area contributed by atoms with E-state index < -0.39 is 5.60 Å². The van der Waals surface area contributed by atoms with Crippen molar-refractivity contribution < 1.29 is 14.6 Å². The van der Waals surface area contributed by atoms with E-state index in [1.165, 1.54) is 0 Å². The van der Waals surface area contributed by atoms with Crippen molar-refractivity contribution >= 4 is 5.91 Å². The summed E-state index contributed by atoms with van der Waals surface area (Å²) in [6.07, 6.45) is 1.49. The van der Waals surface area contributed by atoms with Crippen LogP contribution in [0.15, 0.2) is 24.3 Å². The van der Waals surface area contributed by atoms with Gasteiger partial charge in [-0.2, -0.15) is 0 Å². The SMILES string of the molecule is CC(C)(C)OCC(=O)NCC1(O)CCc2ccccc21. The second kappa shape index (κ2) is 5.54. The van der Waals surface area contributed by atoms with E-state index in [2.05, 4.69) is 5.32 Å². The number of benzene rings is 1. The van der Waals surface area contributed by atoms with E-state index >= 15 is 0 Å². The largest absolute Gasteiger partial charge is 0.383 e. The van der Waals surface area contributed by atoms with Crippen molar-refractivity contribution in [2.24, 2.45) is 0 Å². The second-order valence-electron chi connectivity index (χ2n) is 6.37. The van der Waals surface area contributed by atoms with Gasteiger partial charge in [-0.15, -0.1) is 0 Å². The molecule has 0 aliphatic heterocycles. The van der Waals surface area contributed by atoms with Gasteiger partial charge < -0.3 is 15.2 Å². The first-order valence-corrected chi connectivity index (χ1v) is 7.02. The van der Waals surface area contributed by atoms with E-state index in [9.17, 15) is 9.90 Å². The molecule has 1 atom stereocenters. The molecular formula is C16H23NO3. The Bertz CT molecular complexity index is 493. The molecule has 2 rings (SSSR count). The first kappa shape index (κ1) is 15.0. The van der Waals surface area contributed by atoms with Crippen LogP contribution in [0.1, 0.15) is 38.3 Å². The Morgan fingerprint density at radius 1 is 1.40 bits per heavy atom. The van der Waals surface area contributed by atoms with Crippen LogP contribution in [0, 0.1) is 0 Å². The molecule has 0 saturated heterocycles. The summed E-state index contributed by atoms with van der Waals surface area (Å²) in [5.74, 6) is -0.197. The third kappa shape index (κ3) is 3.58. The third-order valence-electron chi connectivity index (χ3n) is 3.54. The molecule has 4 heteroatoms. The fraction of sp³-hybridized carbons (Fsp3) is 0.562. The van der Waals surface area contributed by atoms with Gasteiger partial charge in [-0.3, -0.25) is 4.79 Å². The molecule has 1 aliphatic rings. The van der Waals surface area contributed by atoms with E-state index in [-0.39, 0.29) is 24.7 Å². The molecule has 0 radical (unpaired) electrons. The van der Waals surface area contributed by atoms with E-state index in [0.29, 0.717) is 6.42 Å². The zero-order chi connectivity index (χ0) is 14.8. The lowest BCUT2D eigenvalue weighted by atomic mass is 9.96. The Morgan fingerprint density at radius 2 is 2.10 bits per heavy atom. The van der Waals surface area contributed by atoms with E-state index in [1.54, 1.807) is 0 Å². The number of hydrogen-bond acceptors (Lipinski definition) is 3. The maximum absolute atomic E-state index is 11.8. The molecule has 20 heavy (non-hydrogen) atoms. The van der Waals surface area contributed by atoms with Crippen LogP contribution >= 0.6 is 0 Å². The van der Waals surface area contributed by atoms with Gasteiger partial charge in [0.1, 0.15) is 12.2 Å². The van der Waals surface area contributed by atoms with Crippen molar-refractivity contribution in [1.82, 2.24) is 5.32 Å². The smallest absolute Gasteiger partial charge is 0.246 e. The lowest BCUT2D eigenvalue weighted by Crippen LogP contribution is -2.41. The van der Waals surface area contributed by atoms with Crippen molar-refractivity contribution in [3.05, 3.63) is 35.4 Å². The van der Waals surface area contributed by atoms with Gasteiger partial charge >= 0.3 is 0 Å². The number of fused-ring (bicyclic) bond motifs is 1. The summed E-state index contributed by atoms with van der Waals surface area (Å²) >= 11 is 0. The topological polar surface area (TPSA) is 58.6 Å². The predicted molar refractivity (Wildman–Crippen MR) is 77.4 cm³/mol. The molecule has 1 aromatic rings. The van der Waals surface area contributed by atoms with Crippen LogP contribution < -0.4 is 5.32 Å². The summed E-state index contributed by atoms with van der Waals surface area (Å²) in [4.78, 5) is 11.8. The van der Waals surface area contributed by atoms with Gasteiger partial charge in [-0.25, -0.2) is 0 Å². The lowest BCUT2D eigenvalue weighted by molar-refractivity contribution is -0.131. The lowest BCUT2D eigenvalue weighted by Gasteiger charge is -2.25. The molecule has 0 heterocycles. The Kier molecular flexibility index (Phi) is 4.16. The summed E-state index contributed by atoms with van der Waals surface area (Å²) < 4.78 is 5.42. The van der Waals surface area contributed by atoms with Gasteiger partial charge in [0.2, 0.25) is 5.91 Å². The average Bonchev–Trinajstić information content (AvgIpc) is 2.72. The Morgan fingerprint density at radius 3 is 2.80 bits per heavy atom. The van der Waals surface area contributed by atoms with Crippen molar-refractivity contribution in [2.75, 3.05) is 13.2 Å². The number of carbonyl (C=O) groups excluding carboxylic acids is 1. The molecule has 0 spiro atoms. The number of carbonyl (C=O) groups is 1. The molecule has 110 valence electrons. The van der Waals surface area contributed by atoms with Gasteiger partial charge in [0, 0.05) is 0 Å². The number of aryl methyl sites for hydroxylation is 1. The fourth-order valence-electron chi connectivity index (χ4n) is 2.43. The molecule has 1 aliphatic carbocycles. The summed E-state index contributed by atoms with van der Waals surface area (Å²) in [6, 6.07) is 7.85. The maximum Gasteiger partial charge on any atom is 0.246 e. The minimum absolute atomic E-state index is 0.0151. The van der Waals surface area contributed by atoms with Gasteiger partial charge in [0.05, 0.1) is 12.1 Å². The monoisotopic (exact) mass is 277 g/mol. The Labute approximate surface area is 120 Å². The zero-order valence-corrected chi connectivity index (χ0v) is 12.4. The quantitative estimate of drug-likeness (QED) is 0.881. The van der Waals surface area contributed by atoms with Crippen LogP contribution in [0.2, 0.25) is 0 Å². The molecular weight excluding hydrogens is 254 g/mol. The number of aliphatic hydroxyl groups is 1. The summed E-state index contributed by atoms with van der Waals surface area (Å²) in [5, 5.41) is 13.4. The van der Waals surface area contributed by atoms with Crippen LogP contribution in [-0.4, -0.2) is 29.8 Å². The first-order valence-electron chi connectivity index (χ1n) is 7.02. The van der Waals surface area contributed by atoms with E-state index in [4.69, 9.17) is 4.74 Å². The molecule has 2 N–H and O–H groups in total. The van der Waals surface area contributed by atoms with Crippen LogP contribution in [0.4, 0.5) is 0 Å². The van der Waals surface area contributed by atoms with Crippen molar-refractivity contribution in [1.29, 1.82) is 0 Å². The Balaban J connectivity index is 1.90. The Hall–Kier alpha value is -1.39. The minimum Gasteiger partial charge on any atom is -0.383 e. The average molecular weight is 277 g/mol. The number of ether oxygens (including phenoxy) is 1. The highest BCUT2D eigenvalue weighted by atomic mass is 16.5. The first-order chi connectivity index (χ1) is 9.30. The number of amides is 1. The van der Waals surface area contributed by atoms with Crippen molar-refractivity contribution in [3.63, 3.8) is 0 Å². The highest BCUT2D eigenvalue weighted by Crippen LogP contribution is 2.36. The maximum atomic E-state index is 11.8. The van der Waals surface area contributed by atoms with Crippen LogP contribution in [-0.2, 0) is 21.6 Å². The molecule has 1 amide bonds. The molecule has 1 unspecified atom stereocenters. The number of rotatable bonds is 4. The third-order valence-corrected chi connectivity index (χ3v) is 3.54. The number of hydrogen-bond donors (Lipinski definition) is 2. The van der Waals surface area contributed by atoms with Gasteiger partial charge in [-0.05, 0) is 44.7 Å². The van der Waals surface area contributed by atoms with Gasteiger partial charge in [-0.1, -0.05) is 24.3 Å². The summed E-state index contributed by atoms with van der Waals surface area (Å²) in [5.41, 5.74) is 0.801. The van der Waals surface area contributed by atoms with E-state index in [0.717, 1.165) is 17.5 Å². The van der Waals surface area contributed by atoms with E-state index in [1.807, 2.05) is 45.0 Å². The zero-order valence-electron chi connectivity index (χ0n) is 12.4. The van der Waals surface area contributed by atoms with Crippen LogP contribution in [0.3, 0.4) is 0 Å². The number of nitrogens with one attached hydrogen (secondary N) is 1. The molecule has 0 aromatic heterocycles. The highest BCUT2D eigenvalue weighted by molar-refractivity contribution is 5.77. The van der Waals surface area contributed by atoms with Gasteiger partial charge in [0.25, 0.3) is 0 Å². The fourth-order valence-corrected chi connectivity index (χ4v) is 2.43. The van der Waals surface area contributed by atoms with Crippen LogP contribution in [0.25, 0.3) is 0 Å². The van der Waals surface area contributed by atoms with Crippen LogP contribution in [0.5, 0.6) is 0 Å². The molecule has 1 aromatic carbocycles. The molecule has 0 bridgehead atoms. The van der Waals surface area contributed by atoms with Crippen molar-refractivity contribution in [2.45, 2.75) is 44.8 Å². The van der Waals surface area contributed by atoms with Gasteiger partial charge in [0.15, 0.2) is 0 Å². The summed E-state index contributed by atoms with van der Waals surface area (Å²) in [6.45, 7) is 5.96. The molecule has 0 fully saturated rings.